The molecule has 0 aliphatic carbocycles. The van der Waals surface area contributed by atoms with Gasteiger partial charge >= 0.3 is 0 Å². The van der Waals surface area contributed by atoms with E-state index in [1.165, 1.54) is 3.97 Å². The summed E-state index contributed by atoms with van der Waals surface area (Å²) in [5, 5.41) is 0.874. The van der Waals surface area contributed by atoms with E-state index in [1.54, 1.807) is 42.6 Å². The van der Waals surface area contributed by atoms with Crippen LogP contribution in [0.2, 0.25) is 0 Å². The summed E-state index contributed by atoms with van der Waals surface area (Å²) in [6, 6.07) is 15.8. The van der Waals surface area contributed by atoms with Crippen molar-refractivity contribution in [3.05, 3.63) is 69.7 Å². The van der Waals surface area contributed by atoms with E-state index in [-0.39, 0.29) is 4.90 Å². The summed E-state index contributed by atoms with van der Waals surface area (Å²) in [5.74, 6) is 0. The molecule has 0 spiro atoms. The van der Waals surface area contributed by atoms with Gasteiger partial charge in [0.2, 0.25) is 0 Å². The predicted octanol–water partition coefficient (Wildman–Crippen LogP) is 4.97. The van der Waals surface area contributed by atoms with Crippen molar-refractivity contribution in [2.24, 2.45) is 0 Å². The first-order valence-electron chi connectivity index (χ1n) is 6.43. The Morgan fingerprint density at radius 3 is 2.27 bits per heavy atom. The molecule has 0 radical (unpaired) electrons. The molecule has 0 saturated heterocycles. The summed E-state index contributed by atoms with van der Waals surface area (Å²) in [4.78, 5) is 0.268. The molecule has 3 rings (SSSR count). The third-order valence-electron chi connectivity index (χ3n) is 3.27. The second-order valence-corrected chi connectivity index (χ2v) is 9.24. The van der Waals surface area contributed by atoms with Crippen LogP contribution in [0.1, 0.15) is 5.56 Å². The Bertz CT molecular complexity index is 956. The van der Waals surface area contributed by atoms with E-state index >= 15 is 0 Å². The Kier molecular flexibility index (Phi) is 4.25. The Labute approximate surface area is 145 Å². The lowest BCUT2D eigenvalue weighted by atomic mass is 10.2. The highest BCUT2D eigenvalue weighted by Crippen LogP contribution is 2.29. The van der Waals surface area contributed by atoms with Crippen LogP contribution in [-0.2, 0) is 10.0 Å². The molecular formula is C16H11Br2NO2S. The number of fused-ring (bicyclic) bond motifs is 1. The molecule has 112 valence electrons. The summed E-state index contributed by atoms with van der Waals surface area (Å²) in [7, 11) is -3.62. The van der Waals surface area contributed by atoms with Gasteiger partial charge in [-0.1, -0.05) is 36.4 Å². The fraction of sp³-hybridized carbons (Fsp3) is 0. The van der Waals surface area contributed by atoms with Crippen LogP contribution in [0, 0.1) is 0 Å². The van der Waals surface area contributed by atoms with Gasteiger partial charge in [-0.2, -0.15) is 0 Å². The highest BCUT2D eigenvalue weighted by atomic mass is 79.9. The molecule has 0 fully saturated rings. The molecule has 0 aliphatic heterocycles. The molecule has 0 amide bonds. The maximum absolute atomic E-state index is 12.9. The van der Waals surface area contributed by atoms with Crippen molar-refractivity contribution < 1.29 is 8.42 Å². The molecule has 2 aromatic carbocycles. The fourth-order valence-corrected chi connectivity index (χ4v) is 4.20. The number of benzene rings is 2. The molecule has 0 unspecified atom stereocenters. The van der Waals surface area contributed by atoms with Crippen molar-refractivity contribution in [2.75, 3.05) is 0 Å². The average Bonchev–Trinajstić information content (AvgIpc) is 2.87. The lowest BCUT2D eigenvalue weighted by Gasteiger charge is -2.07. The number of aromatic nitrogens is 1. The van der Waals surface area contributed by atoms with Gasteiger partial charge in [-0.05, 0) is 56.1 Å². The van der Waals surface area contributed by atoms with Gasteiger partial charge in [-0.25, -0.2) is 12.4 Å². The van der Waals surface area contributed by atoms with Crippen LogP contribution in [0.5, 0.6) is 0 Å². The third-order valence-corrected chi connectivity index (χ3v) is 5.42. The van der Waals surface area contributed by atoms with Crippen LogP contribution in [0.15, 0.2) is 69.1 Å². The van der Waals surface area contributed by atoms with Gasteiger partial charge in [0.25, 0.3) is 10.0 Å². The Balaban J connectivity index is 2.31. The first kappa shape index (κ1) is 15.5. The minimum Gasteiger partial charge on any atom is -0.241 e. The van der Waals surface area contributed by atoms with Gasteiger partial charge < -0.3 is 0 Å². The lowest BCUT2D eigenvalue weighted by Crippen LogP contribution is -2.11. The molecule has 3 nitrogen and oxygen atoms in total. The minimum atomic E-state index is -3.62. The number of para-hydroxylation sites is 1. The molecule has 0 saturated carbocycles. The first-order valence-corrected chi connectivity index (χ1v) is 9.46. The summed E-state index contributed by atoms with van der Waals surface area (Å²) in [6.45, 7) is 0. The van der Waals surface area contributed by atoms with Crippen molar-refractivity contribution in [3.8, 4) is 0 Å². The van der Waals surface area contributed by atoms with Crippen molar-refractivity contribution in [3.63, 3.8) is 0 Å². The standard InChI is InChI=1S/C16H11Br2NO2S/c17-16(18)10-12-11-19(15-9-5-4-8-14(12)15)22(20,21)13-6-2-1-3-7-13/h1-11H. The average molecular weight is 441 g/mol. The van der Waals surface area contributed by atoms with Crippen LogP contribution in [0.4, 0.5) is 0 Å². The molecule has 3 aromatic rings. The normalized spacial score (nSPS) is 11.5. The summed E-state index contributed by atoms with van der Waals surface area (Å²) < 4.78 is 27.8. The Morgan fingerprint density at radius 2 is 1.59 bits per heavy atom. The van der Waals surface area contributed by atoms with Gasteiger partial charge in [-0.15, -0.1) is 0 Å². The van der Waals surface area contributed by atoms with Crippen LogP contribution in [0.3, 0.4) is 0 Å². The third kappa shape index (κ3) is 2.78. The Morgan fingerprint density at radius 1 is 0.955 bits per heavy atom. The SMILES string of the molecule is O=S(=O)(c1ccccc1)n1cc(C=C(Br)Br)c2ccccc21. The smallest absolute Gasteiger partial charge is 0.241 e. The molecule has 22 heavy (non-hydrogen) atoms. The number of hydrogen-bond donors (Lipinski definition) is 0. The van der Waals surface area contributed by atoms with Gasteiger partial charge in [0, 0.05) is 17.1 Å². The van der Waals surface area contributed by atoms with Crippen LogP contribution < -0.4 is 0 Å². The number of halogens is 2. The summed E-state index contributed by atoms with van der Waals surface area (Å²) in [6.07, 6.45) is 3.47. The predicted molar refractivity (Wildman–Crippen MR) is 96.8 cm³/mol. The largest absolute Gasteiger partial charge is 0.268 e. The number of nitrogens with zero attached hydrogens (tertiary/aromatic N) is 1. The van der Waals surface area contributed by atoms with Crippen molar-refractivity contribution in [2.45, 2.75) is 4.90 Å². The molecule has 1 aromatic heterocycles. The van der Waals surface area contributed by atoms with Crippen molar-refractivity contribution >= 4 is 58.9 Å². The fourth-order valence-electron chi connectivity index (χ4n) is 2.31. The van der Waals surface area contributed by atoms with E-state index in [1.807, 2.05) is 24.3 Å². The molecule has 0 atom stereocenters. The maximum atomic E-state index is 12.9. The zero-order valence-corrected chi connectivity index (χ0v) is 15.3. The molecule has 0 aliphatic rings. The van der Waals surface area contributed by atoms with E-state index in [9.17, 15) is 8.42 Å². The highest BCUT2D eigenvalue weighted by Gasteiger charge is 2.20. The van der Waals surface area contributed by atoms with Crippen LogP contribution in [-0.4, -0.2) is 12.4 Å². The van der Waals surface area contributed by atoms with Gasteiger partial charge in [0.15, 0.2) is 0 Å². The van der Waals surface area contributed by atoms with E-state index in [0.29, 0.717) is 5.52 Å². The van der Waals surface area contributed by atoms with Gasteiger partial charge in [0.05, 0.1) is 13.8 Å². The zero-order chi connectivity index (χ0) is 15.7. The second kappa shape index (κ2) is 6.02. The monoisotopic (exact) mass is 439 g/mol. The maximum Gasteiger partial charge on any atom is 0.268 e. The van der Waals surface area contributed by atoms with Crippen LogP contribution in [0.25, 0.3) is 17.0 Å². The van der Waals surface area contributed by atoms with Crippen molar-refractivity contribution in [1.82, 2.24) is 3.97 Å². The van der Waals surface area contributed by atoms with Gasteiger partial charge in [0.1, 0.15) is 0 Å². The van der Waals surface area contributed by atoms with Crippen molar-refractivity contribution in [1.29, 1.82) is 0 Å². The molecule has 0 bridgehead atoms. The molecule has 1 heterocycles. The number of rotatable bonds is 3. The van der Waals surface area contributed by atoms with E-state index in [0.717, 1.165) is 14.3 Å². The summed E-state index contributed by atoms with van der Waals surface area (Å²) in [5.41, 5.74) is 1.47. The minimum absolute atomic E-state index is 0.268. The van der Waals surface area contributed by atoms with E-state index < -0.39 is 10.0 Å². The molecular weight excluding hydrogens is 430 g/mol. The zero-order valence-electron chi connectivity index (χ0n) is 11.3. The van der Waals surface area contributed by atoms with Gasteiger partial charge in [-0.3, -0.25) is 0 Å². The van der Waals surface area contributed by atoms with E-state index in [2.05, 4.69) is 31.9 Å². The second-order valence-electron chi connectivity index (χ2n) is 4.65. The Hall–Kier alpha value is -1.37. The molecule has 6 heteroatoms. The highest BCUT2D eigenvalue weighted by molar-refractivity contribution is 9.28. The number of hydrogen-bond acceptors (Lipinski definition) is 2. The molecule has 0 N–H and O–H groups in total. The first-order chi connectivity index (χ1) is 10.5. The van der Waals surface area contributed by atoms with Crippen LogP contribution >= 0.6 is 31.9 Å². The van der Waals surface area contributed by atoms with E-state index in [4.69, 9.17) is 0 Å². The lowest BCUT2D eigenvalue weighted by molar-refractivity contribution is 0.589. The summed E-state index contributed by atoms with van der Waals surface area (Å²) >= 11 is 6.64. The quantitative estimate of drug-likeness (QED) is 0.576. The topological polar surface area (TPSA) is 39.1 Å².